The minimum Gasteiger partial charge on any atom is -0.327 e. The third kappa shape index (κ3) is 3.39. The molecule has 2 atom stereocenters. The Morgan fingerprint density at radius 2 is 1.96 bits per heavy atom. The third-order valence-corrected chi connectivity index (χ3v) is 6.00. The third-order valence-electron chi connectivity index (χ3n) is 6.00. The minimum atomic E-state index is -0.280. The number of amides is 1. The summed E-state index contributed by atoms with van der Waals surface area (Å²) < 4.78 is 3.02. The first kappa shape index (κ1) is 18.9. The number of hydrogen-bond donors (Lipinski definition) is 2. The van der Waals surface area contributed by atoms with Crippen LogP contribution in [0.4, 0.5) is 5.69 Å². The van der Waals surface area contributed by atoms with Gasteiger partial charge in [-0.1, -0.05) is 6.42 Å². The molecule has 150 valence electrons. The lowest BCUT2D eigenvalue weighted by molar-refractivity contribution is -0.120. The molecule has 2 unspecified atom stereocenters. The Kier molecular flexibility index (Phi) is 4.87. The number of carbonyl (C=O) groups is 1. The van der Waals surface area contributed by atoms with Crippen molar-refractivity contribution in [3.05, 3.63) is 39.0 Å². The Morgan fingerprint density at radius 1 is 1.21 bits per heavy atom. The highest BCUT2D eigenvalue weighted by atomic mass is 16.2. The zero-order valence-electron chi connectivity index (χ0n) is 16.5. The van der Waals surface area contributed by atoms with Gasteiger partial charge < -0.3 is 11.1 Å². The number of anilines is 1. The zero-order chi connectivity index (χ0) is 20.0. The van der Waals surface area contributed by atoms with E-state index in [-0.39, 0.29) is 35.2 Å². The van der Waals surface area contributed by atoms with Crippen LogP contribution in [0.2, 0.25) is 0 Å². The van der Waals surface area contributed by atoms with Gasteiger partial charge in [-0.15, -0.1) is 0 Å². The van der Waals surface area contributed by atoms with Crippen molar-refractivity contribution in [3.63, 3.8) is 0 Å². The van der Waals surface area contributed by atoms with E-state index >= 15 is 0 Å². The Morgan fingerprint density at radius 3 is 2.57 bits per heavy atom. The summed E-state index contributed by atoms with van der Waals surface area (Å²) in [6.45, 7) is 4.34. The first-order valence-corrected chi connectivity index (χ1v) is 10.2. The molecule has 2 aromatic rings. The van der Waals surface area contributed by atoms with Crippen molar-refractivity contribution in [2.24, 2.45) is 17.6 Å². The number of nitrogens with two attached hydrogens (primary N) is 1. The molecule has 4 rings (SSSR count). The Bertz CT molecular complexity index is 1030. The topological polar surface area (TPSA) is 99.1 Å². The van der Waals surface area contributed by atoms with Gasteiger partial charge >= 0.3 is 5.69 Å². The molecule has 7 nitrogen and oxygen atoms in total. The molecule has 0 spiro atoms. The van der Waals surface area contributed by atoms with Crippen LogP contribution in [0.1, 0.15) is 52.0 Å². The molecule has 0 aliphatic heterocycles. The van der Waals surface area contributed by atoms with Crippen molar-refractivity contribution in [2.45, 2.75) is 64.6 Å². The molecule has 1 aromatic heterocycles. The lowest BCUT2D eigenvalue weighted by Gasteiger charge is -2.18. The maximum Gasteiger partial charge on any atom is 0.331 e. The summed E-state index contributed by atoms with van der Waals surface area (Å²) in [6.07, 6.45) is 4.74. The highest BCUT2D eigenvalue weighted by molar-refractivity contribution is 5.95. The number of benzene rings is 1. The maximum atomic E-state index is 13.1. The number of nitrogens with zero attached hydrogens (tertiary/aromatic N) is 2. The van der Waals surface area contributed by atoms with Crippen LogP contribution < -0.4 is 22.3 Å². The molecule has 0 bridgehead atoms. The fourth-order valence-electron chi connectivity index (χ4n) is 4.23. The Balaban J connectivity index is 1.76. The number of nitrogens with one attached hydrogen (secondary N) is 1. The summed E-state index contributed by atoms with van der Waals surface area (Å²) in [4.78, 5) is 38.5. The molecule has 0 radical (unpaired) electrons. The summed E-state index contributed by atoms with van der Waals surface area (Å²) in [5, 5.41) is 3.38. The van der Waals surface area contributed by atoms with E-state index in [9.17, 15) is 14.4 Å². The molecule has 2 aliphatic rings. The minimum absolute atomic E-state index is 0.0713. The van der Waals surface area contributed by atoms with Crippen LogP contribution >= 0.6 is 0 Å². The normalized spacial score (nSPS) is 22.1. The van der Waals surface area contributed by atoms with Crippen molar-refractivity contribution in [3.8, 4) is 0 Å². The maximum absolute atomic E-state index is 13.1. The van der Waals surface area contributed by atoms with Gasteiger partial charge in [0.05, 0.1) is 16.8 Å². The van der Waals surface area contributed by atoms with Gasteiger partial charge in [-0.2, -0.15) is 0 Å². The molecular formula is C21H28N4O3. The number of carbonyl (C=O) groups excluding carboxylic acids is 1. The smallest absolute Gasteiger partial charge is 0.327 e. The fraction of sp³-hybridized carbons (Fsp3) is 0.571. The van der Waals surface area contributed by atoms with Crippen LogP contribution in [-0.4, -0.2) is 21.1 Å². The number of fused-ring (bicyclic) bond motifs is 1. The molecule has 1 heterocycles. The van der Waals surface area contributed by atoms with Gasteiger partial charge in [-0.3, -0.25) is 18.7 Å². The fourth-order valence-corrected chi connectivity index (χ4v) is 4.23. The van der Waals surface area contributed by atoms with E-state index in [1.807, 2.05) is 13.8 Å². The molecule has 2 saturated carbocycles. The summed E-state index contributed by atoms with van der Waals surface area (Å²) in [5.41, 5.74) is 6.68. The summed E-state index contributed by atoms with van der Waals surface area (Å²) >= 11 is 0. The van der Waals surface area contributed by atoms with E-state index in [4.69, 9.17) is 5.73 Å². The lowest BCUT2D eigenvalue weighted by Crippen LogP contribution is -2.41. The standard InChI is InChI=1S/C21H28N4O3/c1-12(2)25-18-9-8-14(23-19(26)15-4-3-5-17(15)22)10-16(18)20(27)24(21(25)28)11-13-6-7-13/h8-10,12-13,15,17H,3-7,11,22H2,1-2H3,(H,23,26). The number of aromatic nitrogens is 2. The lowest BCUT2D eigenvalue weighted by atomic mass is 10.0. The first-order valence-electron chi connectivity index (χ1n) is 10.2. The molecule has 7 heteroatoms. The monoisotopic (exact) mass is 384 g/mol. The van der Waals surface area contributed by atoms with Gasteiger partial charge in [0, 0.05) is 24.3 Å². The second kappa shape index (κ2) is 7.20. The van der Waals surface area contributed by atoms with Crippen LogP contribution in [0.25, 0.3) is 10.9 Å². The van der Waals surface area contributed by atoms with Gasteiger partial charge in [0.1, 0.15) is 0 Å². The zero-order valence-corrected chi connectivity index (χ0v) is 16.5. The molecule has 28 heavy (non-hydrogen) atoms. The molecule has 3 N–H and O–H groups in total. The Labute approximate surface area is 163 Å². The van der Waals surface area contributed by atoms with Gasteiger partial charge in [0.25, 0.3) is 5.56 Å². The second-order valence-electron chi connectivity index (χ2n) is 8.53. The molecule has 2 aliphatic carbocycles. The Hall–Kier alpha value is -2.41. The van der Waals surface area contributed by atoms with Gasteiger partial charge in [-0.25, -0.2) is 4.79 Å². The van der Waals surface area contributed by atoms with Crippen molar-refractivity contribution in [1.29, 1.82) is 0 Å². The molecular weight excluding hydrogens is 356 g/mol. The van der Waals surface area contributed by atoms with E-state index in [2.05, 4.69) is 5.32 Å². The van der Waals surface area contributed by atoms with E-state index in [1.54, 1.807) is 22.8 Å². The molecule has 1 amide bonds. The van der Waals surface area contributed by atoms with Gasteiger partial charge in [0.15, 0.2) is 0 Å². The average molecular weight is 384 g/mol. The number of hydrogen-bond acceptors (Lipinski definition) is 4. The van der Waals surface area contributed by atoms with Crippen molar-refractivity contribution in [2.75, 3.05) is 5.32 Å². The predicted octanol–water partition coefficient (Wildman–Crippen LogP) is 2.22. The van der Waals surface area contributed by atoms with Crippen molar-refractivity contribution < 1.29 is 4.79 Å². The van der Waals surface area contributed by atoms with Crippen LogP contribution in [0, 0.1) is 11.8 Å². The highest BCUT2D eigenvalue weighted by Gasteiger charge is 2.30. The van der Waals surface area contributed by atoms with E-state index in [0.717, 1.165) is 32.1 Å². The quantitative estimate of drug-likeness (QED) is 0.826. The van der Waals surface area contributed by atoms with Crippen molar-refractivity contribution >= 4 is 22.5 Å². The SMILES string of the molecule is CC(C)n1c(=O)n(CC2CC2)c(=O)c2cc(NC(=O)C3CCCC3N)ccc21. The van der Waals surface area contributed by atoms with E-state index < -0.39 is 0 Å². The second-order valence-corrected chi connectivity index (χ2v) is 8.53. The highest BCUT2D eigenvalue weighted by Crippen LogP contribution is 2.30. The summed E-state index contributed by atoms with van der Waals surface area (Å²) in [5.74, 6) is 0.127. The van der Waals surface area contributed by atoms with Crippen LogP contribution in [0.3, 0.4) is 0 Å². The molecule has 2 fully saturated rings. The summed E-state index contributed by atoms with van der Waals surface area (Å²) in [7, 11) is 0. The van der Waals surface area contributed by atoms with Crippen LogP contribution in [0.5, 0.6) is 0 Å². The molecule has 1 aromatic carbocycles. The summed E-state index contributed by atoms with van der Waals surface area (Å²) in [6, 6.07) is 5.02. The van der Waals surface area contributed by atoms with Gasteiger partial charge in [-0.05, 0) is 63.6 Å². The first-order chi connectivity index (χ1) is 13.4. The van der Waals surface area contributed by atoms with Gasteiger partial charge in [0.2, 0.25) is 5.91 Å². The van der Waals surface area contributed by atoms with E-state index in [1.165, 1.54) is 4.57 Å². The van der Waals surface area contributed by atoms with Crippen molar-refractivity contribution in [1.82, 2.24) is 9.13 Å². The van der Waals surface area contributed by atoms with Crippen LogP contribution in [-0.2, 0) is 11.3 Å². The largest absolute Gasteiger partial charge is 0.331 e. The predicted molar refractivity (Wildman–Crippen MR) is 110 cm³/mol. The van der Waals surface area contributed by atoms with Crippen LogP contribution in [0.15, 0.2) is 27.8 Å². The molecule has 0 saturated heterocycles. The average Bonchev–Trinajstić information content (AvgIpc) is 3.37. The number of rotatable bonds is 5. The van der Waals surface area contributed by atoms with E-state index in [0.29, 0.717) is 29.1 Å².